The minimum absolute atomic E-state index is 0.140. The average Bonchev–Trinajstić information content (AvgIpc) is 2.62. The summed E-state index contributed by atoms with van der Waals surface area (Å²) in [6, 6.07) is 1.47. The molecule has 18 heavy (non-hydrogen) atoms. The van der Waals surface area contributed by atoms with Crippen molar-refractivity contribution in [2.45, 2.75) is 38.4 Å². The van der Waals surface area contributed by atoms with Crippen molar-refractivity contribution in [2.75, 3.05) is 5.32 Å². The molecular weight excluding hydrogens is 267 g/mol. The Kier molecular flexibility index (Phi) is 3.66. The van der Waals surface area contributed by atoms with E-state index in [0.717, 1.165) is 19.3 Å². The van der Waals surface area contributed by atoms with Crippen LogP contribution in [0.15, 0.2) is 6.07 Å². The van der Waals surface area contributed by atoms with Crippen LogP contribution >= 0.6 is 11.6 Å². The normalized spacial score (nSPS) is 24.3. The number of aromatic nitrogens is 2. The molecule has 1 aliphatic carbocycles. The number of anilines is 1. The van der Waals surface area contributed by atoms with Crippen molar-refractivity contribution in [1.82, 2.24) is 9.97 Å². The van der Waals surface area contributed by atoms with Crippen molar-refractivity contribution in [3.63, 3.8) is 0 Å². The molecule has 0 saturated heterocycles. The van der Waals surface area contributed by atoms with Crippen molar-refractivity contribution < 1.29 is 13.2 Å². The maximum Gasteiger partial charge on any atom is 0.451 e. The van der Waals surface area contributed by atoms with Crippen LogP contribution in [0.25, 0.3) is 0 Å². The lowest BCUT2D eigenvalue weighted by molar-refractivity contribution is -0.144. The average molecular weight is 280 g/mol. The van der Waals surface area contributed by atoms with Gasteiger partial charge in [0.25, 0.3) is 0 Å². The van der Waals surface area contributed by atoms with Gasteiger partial charge in [-0.25, -0.2) is 9.97 Å². The third kappa shape index (κ3) is 3.04. The van der Waals surface area contributed by atoms with Crippen LogP contribution in [0, 0.1) is 5.92 Å². The van der Waals surface area contributed by atoms with E-state index in [0.29, 0.717) is 5.92 Å². The molecule has 0 aromatic carbocycles. The molecule has 2 atom stereocenters. The minimum Gasteiger partial charge on any atom is -0.367 e. The summed E-state index contributed by atoms with van der Waals surface area (Å²) in [5, 5.41) is 2.81. The first-order valence-corrected chi connectivity index (χ1v) is 6.12. The van der Waals surface area contributed by atoms with E-state index in [1.54, 1.807) is 0 Å². The number of hydrogen-bond acceptors (Lipinski definition) is 3. The van der Waals surface area contributed by atoms with Crippen LogP contribution in [0.2, 0.25) is 5.15 Å². The molecule has 1 saturated carbocycles. The van der Waals surface area contributed by atoms with Gasteiger partial charge in [-0.1, -0.05) is 24.9 Å². The predicted molar refractivity (Wildman–Crippen MR) is 62.5 cm³/mol. The fourth-order valence-electron chi connectivity index (χ4n) is 2.17. The van der Waals surface area contributed by atoms with Crippen molar-refractivity contribution >= 4 is 17.4 Å². The molecule has 0 aliphatic heterocycles. The molecule has 0 bridgehead atoms. The molecule has 1 aromatic heterocycles. The van der Waals surface area contributed by atoms with Crippen LogP contribution in [0.1, 0.15) is 32.0 Å². The van der Waals surface area contributed by atoms with E-state index >= 15 is 0 Å². The Hall–Kier alpha value is -1.04. The van der Waals surface area contributed by atoms with Gasteiger partial charge in [0.1, 0.15) is 11.0 Å². The Morgan fingerprint density at radius 1 is 1.33 bits per heavy atom. The largest absolute Gasteiger partial charge is 0.451 e. The predicted octanol–water partition coefficient (Wildman–Crippen LogP) is 3.75. The van der Waals surface area contributed by atoms with Crippen molar-refractivity contribution in [1.29, 1.82) is 0 Å². The van der Waals surface area contributed by atoms with Crippen LogP contribution < -0.4 is 5.32 Å². The highest BCUT2D eigenvalue weighted by Crippen LogP contribution is 2.31. The van der Waals surface area contributed by atoms with E-state index in [1.165, 1.54) is 6.07 Å². The highest BCUT2D eigenvalue weighted by Gasteiger charge is 2.35. The van der Waals surface area contributed by atoms with Crippen LogP contribution in [0.5, 0.6) is 0 Å². The fraction of sp³-hybridized carbons (Fsp3) is 0.636. The Morgan fingerprint density at radius 2 is 2.06 bits per heavy atom. The number of rotatable bonds is 2. The van der Waals surface area contributed by atoms with Gasteiger partial charge in [-0.15, -0.1) is 0 Å². The molecule has 7 heteroatoms. The van der Waals surface area contributed by atoms with E-state index in [1.807, 2.05) is 0 Å². The highest BCUT2D eigenvalue weighted by atomic mass is 35.5. The lowest BCUT2D eigenvalue weighted by Crippen LogP contribution is -2.23. The zero-order valence-electron chi connectivity index (χ0n) is 9.76. The van der Waals surface area contributed by atoms with Crippen molar-refractivity contribution in [3.8, 4) is 0 Å². The number of alkyl halides is 3. The summed E-state index contributed by atoms with van der Waals surface area (Å²) in [4.78, 5) is 6.66. The van der Waals surface area contributed by atoms with Gasteiger partial charge < -0.3 is 5.32 Å². The summed E-state index contributed by atoms with van der Waals surface area (Å²) in [7, 11) is 0. The van der Waals surface area contributed by atoms with E-state index in [9.17, 15) is 13.2 Å². The van der Waals surface area contributed by atoms with Gasteiger partial charge in [-0.2, -0.15) is 13.2 Å². The molecule has 3 nitrogen and oxygen atoms in total. The Balaban J connectivity index is 2.20. The summed E-state index contributed by atoms with van der Waals surface area (Å²) in [6.07, 6.45) is -1.50. The topological polar surface area (TPSA) is 37.8 Å². The number of nitrogens with one attached hydrogen (secondary N) is 1. The zero-order chi connectivity index (χ0) is 13.3. The first-order valence-electron chi connectivity index (χ1n) is 5.74. The van der Waals surface area contributed by atoms with E-state index in [2.05, 4.69) is 22.2 Å². The summed E-state index contributed by atoms with van der Waals surface area (Å²) < 4.78 is 37.6. The molecule has 0 amide bonds. The van der Waals surface area contributed by atoms with Gasteiger partial charge in [0.05, 0.1) is 0 Å². The lowest BCUT2D eigenvalue weighted by atomic mass is 10.1. The number of halogens is 4. The summed E-state index contributed by atoms with van der Waals surface area (Å²) in [5.41, 5.74) is 0. The zero-order valence-corrected chi connectivity index (χ0v) is 10.5. The summed E-state index contributed by atoms with van der Waals surface area (Å²) >= 11 is 5.59. The third-order valence-corrected chi connectivity index (χ3v) is 3.34. The SMILES string of the molecule is CC1CCCC1Nc1cc(Cl)nc(C(F)(F)F)n1. The molecular formula is C11H13ClF3N3. The first kappa shape index (κ1) is 13.4. The summed E-state index contributed by atoms with van der Waals surface area (Å²) in [6.45, 7) is 2.07. The van der Waals surface area contributed by atoms with Crippen LogP contribution in [0.4, 0.5) is 19.0 Å². The van der Waals surface area contributed by atoms with Gasteiger partial charge >= 0.3 is 6.18 Å². The molecule has 2 unspecified atom stereocenters. The molecule has 100 valence electrons. The first-order chi connectivity index (χ1) is 8.36. The van der Waals surface area contributed by atoms with E-state index in [-0.39, 0.29) is 17.0 Å². The molecule has 1 fully saturated rings. The second-order valence-corrected chi connectivity index (χ2v) is 4.94. The third-order valence-electron chi connectivity index (χ3n) is 3.14. The Morgan fingerprint density at radius 3 is 2.61 bits per heavy atom. The molecule has 0 radical (unpaired) electrons. The van der Waals surface area contributed by atoms with Crippen LogP contribution in [0.3, 0.4) is 0 Å². The van der Waals surface area contributed by atoms with Gasteiger partial charge in [0, 0.05) is 12.1 Å². The standard InChI is InChI=1S/C11H13ClF3N3/c1-6-3-2-4-7(6)16-9-5-8(12)17-10(18-9)11(13,14)15/h5-7H,2-4H2,1H3,(H,16,17,18). The summed E-state index contributed by atoms with van der Waals surface area (Å²) in [5.74, 6) is -0.641. The van der Waals surface area contributed by atoms with Gasteiger partial charge in [0.2, 0.25) is 5.82 Å². The number of hydrogen-bond donors (Lipinski definition) is 1. The fourth-order valence-corrected chi connectivity index (χ4v) is 2.35. The Labute approximate surface area is 108 Å². The molecule has 1 N–H and O–H groups in total. The van der Waals surface area contributed by atoms with Crippen LogP contribution in [-0.4, -0.2) is 16.0 Å². The van der Waals surface area contributed by atoms with E-state index in [4.69, 9.17) is 11.6 Å². The molecule has 1 aromatic rings. The quantitative estimate of drug-likeness (QED) is 0.838. The minimum atomic E-state index is -4.58. The maximum absolute atomic E-state index is 12.5. The van der Waals surface area contributed by atoms with Gasteiger partial charge in [-0.3, -0.25) is 0 Å². The molecule has 0 spiro atoms. The number of nitrogens with zero attached hydrogens (tertiary/aromatic N) is 2. The monoisotopic (exact) mass is 279 g/mol. The van der Waals surface area contributed by atoms with Gasteiger partial charge in [-0.05, 0) is 18.8 Å². The molecule has 1 aliphatic rings. The second kappa shape index (κ2) is 4.91. The van der Waals surface area contributed by atoms with Crippen LogP contribution in [-0.2, 0) is 6.18 Å². The molecule has 1 heterocycles. The van der Waals surface area contributed by atoms with Gasteiger partial charge in [0.15, 0.2) is 0 Å². The maximum atomic E-state index is 12.5. The highest BCUT2D eigenvalue weighted by molar-refractivity contribution is 6.29. The second-order valence-electron chi connectivity index (χ2n) is 4.56. The smallest absolute Gasteiger partial charge is 0.367 e. The molecule has 2 rings (SSSR count). The van der Waals surface area contributed by atoms with Crippen molar-refractivity contribution in [2.24, 2.45) is 5.92 Å². The lowest BCUT2D eigenvalue weighted by Gasteiger charge is -2.18. The van der Waals surface area contributed by atoms with E-state index < -0.39 is 12.0 Å². The Bertz CT molecular complexity index is 436. The van der Waals surface area contributed by atoms with Crippen molar-refractivity contribution in [3.05, 3.63) is 17.0 Å².